The van der Waals surface area contributed by atoms with Crippen molar-refractivity contribution in [3.63, 3.8) is 0 Å². The lowest BCUT2D eigenvalue weighted by molar-refractivity contribution is 0.163. The van der Waals surface area contributed by atoms with Crippen molar-refractivity contribution < 1.29 is 13.2 Å². The van der Waals surface area contributed by atoms with Gasteiger partial charge in [-0.25, -0.2) is 13.2 Å². The van der Waals surface area contributed by atoms with E-state index >= 15 is 0 Å². The van der Waals surface area contributed by atoms with Gasteiger partial charge in [-0.1, -0.05) is 42.8 Å². The summed E-state index contributed by atoms with van der Waals surface area (Å²) >= 11 is 1.00. The molecule has 0 bridgehead atoms. The minimum absolute atomic E-state index is 0.0162. The van der Waals surface area contributed by atoms with Gasteiger partial charge in [-0.05, 0) is 30.5 Å². The number of carbonyl (C=O) groups excluding carboxylic acids is 1. The van der Waals surface area contributed by atoms with E-state index in [1.54, 1.807) is 23.1 Å². The highest BCUT2D eigenvalue weighted by Crippen LogP contribution is 2.43. The zero-order valence-corrected chi connectivity index (χ0v) is 19.2. The van der Waals surface area contributed by atoms with Crippen LogP contribution in [-0.2, 0) is 15.4 Å². The molecule has 0 radical (unpaired) electrons. The van der Waals surface area contributed by atoms with Crippen LogP contribution in [0.4, 0.5) is 4.79 Å². The van der Waals surface area contributed by atoms with Crippen molar-refractivity contribution >= 4 is 38.8 Å². The lowest BCUT2D eigenvalue weighted by Crippen LogP contribution is -2.55. The average molecular weight is 472 g/mol. The third-order valence-corrected chi connectivity index (χ3v) is 9.14. The Bertz CT molecular complexity index is 1220. The van der Waals surface area contributed by atoms with E-state index < -0.39 is 10.0 Å². The predicted molar refractivity (Wildman–Crippen MR) is 123 cm³/mol. The van der Waals surface area contributed by atoms with Crippen LogP contribution in [0.3, 0.4) is 0 Å². The summed E-state index contributed by atoms with van der Waals surface area (Å²) in [6.07, 6.45) is 3.31. The Morgan fingerprint density at radius 3 is 2.44 bits per heavy atom. The number of hydrogen-bond donors (Lipinski definition) is 1. The number of nitrogens with zero attached hydrogens (tertiary/aromatic N) is 4. The van der Waals surface area contributed by atoms with Gasteiger partial charge >= 0.3 is 6.03 Å². The Balaban J connectivity index is 1.21. The van der Waals surface area contributed by atoms with Crippen LogP contribution in [-0.4, -0.2) is 65.1 Å². The fraction of sp³-hybridized carbons (Fsp3) is 0.409. The number of carbonyl (C=O) groups is 1. The van der Waals surface area contributed by atoms with Crippen LogP contribution in [0.15, 0.2) is 53.4 Å². The van der Waals surface area contributed by atoms with E-state index in [1.807, 2.05) is 18.2 Å². The molecule has 1 aliphatic heterocycles. The largest absolute Gasteiger partial charge is 0.337 e. The van der Waals surface area contributed by atoms with Gasteiger partial charge < -0.3 is 10.2 Å². The second kappa shape index (κ2) is 8.42. The highest BCUT2D eigenvalue weighted by Gasteiger charge is 2.39. The highest BCUT2D eigenvalue weighted by atomic mass is 32.2. The molecule has 168 valence electrons. The summed E-state index contributed by atoms with van der Waals surface area (Å²) in [5.41, 5.74) is 2.28. The van der Waals surface area contributed by atoms with E-state index in [0.29, 0.717) is 30.7 Å². The minimum Gasteiger partial charge on any atom is -0.337 e. The molecule has 3 aromatic rings. The third-order valence-electron chi connectivity index (χ3n) is 6.67. The van der Waals surface area contributed by atoms with Crippen LogP contribution >= 0.6 is 11.7 Å². The summed E-state index contributed by atoms with van der Waals surface area (Å²) in [5, 5.41) is 3.10. The number of benzene rings is 2. The number of fused-ring (bicyclic) bond motifs is 1. The van der Waals surface area contributed by atoms with Crippen molar-refractivity contribution in [2.24, 2.45) is 0 Å². The van der Waals surface area contributed by atoms with Gasteiger partial charge in [-0.3, -0.25) is 0 Å². The van der Waals surface area contributed by atoms with Crippen LogP contribution in [0, 0.1) is 0 Å². The summed E-state index contributed by atoms with van der Waals surface area (Å²) in [6.45, 7) is 1.83. The van der Waals surface area contributed by atoms with Gasteiger partial charge in [0, 0.05) is 38.1 Å². The second-order valence-corrected chi connectivity index (χ2v) is 10.9. The molecule has 2 amide bonds. The highest BCUT2D eigenvalue weighted by molar-refractivity contribution is 7.89. The lowest BCUT2D eigenvalue weighted by Gasteiger charge is -2.43. The van der Waals surface area contributed by atoms with E-state index in [-0.39, 0.29) is 29.4 Å². The van der Waals surface area contributed by atoms with Gasteiger partial charge in [-0.15, -0.1) is 0 Å². The zero-order chi connectivity index (χ0) is 22.2. The van der Waals surface area contributed by atoms with Gasteiger partial charge in [0.1, 0.15) is 15.9 Å². The number of amides is 2. The molecule has 0 spiro atoms. The van der Waals surface area contributed by atoms with Crippen molar-refractivity contribution in [3.05, 3.63) is 54.1 Å². The molecule has 8 nitrogen and oxygen atoms in total. The Labute approximate surface area is 191 Å². The Morgan fingerprint density at radius 2 is 1.75 bits per heavy atom. The molecule has 1 saturated carbocycles. The molecular formula is C22H25N5O3S2. The number of sulfonamides is 1. The predicted octanol–water partition coefficient (Wildman–Crippen LogP) is 2.83. The molecule has 1 aromatic heterocycles. The van der Waals surface area contributed by atoms with Gasteiger partial charge in [0.05, 0.1) is 11.7 Å². The normalized spacial score (nSPS) is 18.9. The number of rotatable bonds is 5. The maximum absolute atomic E-state index is 13.2. The van der Waals surface area contributed by atoms with Crippen molar-refractivity contribution in [2.45, 2.75) is 29.6 Å². The third kappa shape index (κ3) is 3.76. The van der Waals surface area contributed by atoms with Gasteiger partial charge in [0.2, 0.25) is 10.0 Å². The first-order valence-corrected chi connectivity index (χ1v) is 13.0. The van der Waals surface area contributed by atoms with Gasteiger partial charge in [0.15, 0.2) is 0 Å². The fourth-order valence-corrected chi connectivity index (χ4v) is 6.75. The molecule has 1 saturated heterocycles. The maximum Gasteiger partial charge on any atom is 0.317 e. The van der Waals surface area contributed by atoms with Crippen molar-refractivity contribution in [1.29, 1.82) is 0 Å². The average Bonchev–Trinajstić information content (AvgIpc) is 3.28. The van der Waals surface area contributed by atoms with Crippen LogP contribution in [0.25, 0.3) is 11.0 Å². The molecule has 5 rings (SSSR count). The van der Waals surface area contributed by atoms with Crippen molar-refractivity contribution in [3.8, 4) is 0 Å². The molecule has 2 heterocycles. The number of urea groups is 1. The number of nitrogens with one attached hydrogen (secondary N) is 1. The number of aromatic nitrogens is 2. The molecule has 0 atom stereocenters. The Kier molecular flexibility index (Phi) is 5.60. The molecular weight excluding hydrogens is 446 g/mol. The molecule has 0 unspecified atom stereocenters. The van der Waals surface area contributed by atoms with E-state index in [0.717, 1.165) is 24.6 Å². The van der Waals surface area contributed by atoms with Crippen molar-refractivity contribution in [1.82, 2.24) is 23.3 Å². The molecule has 32 heavy (non-hydrogen) atoms. The molecule has 2 aliphatic rings. The standard InChI is InChI=1S/C22H25N5O3S2/c28-21(23-16-22(10-5-11-22)17-6-2-1-3-7-17)26-12-14-27(15-13-26)32(29,30)19-9-4-8-18-20(19)25-31-24-18/h1-4,6-9H,5,10-16H2,(H,23,28). The van der Waals surface area contributed by atoms with E-state index in [4.69, 9.17) is 0 Å². The second-order valence-electron chi connectivity index (χ2n) is 8.44. The molecule has 1 aliphatic carbocycles. The Hall–Kier alpha value is -2.56. The molecule has 10 heteroatoms. The maximum atomic E-state index is 13.2. The van der Waals surface area contributed by atoms with Crippen LogP contribution < -0.4 is 5.32 Å². The monoisotopic (exact) mass is 471 g/mol. The van der Waals surface area contributed by atoms with E-state index in [2.05, 4.69) is 26.2 Å². The van der Waals surface area contributed by atoms with Crippen LogP contribution in [0.2, 0.25) is 0 Å². The van der Waals surface area contributed by atoms with E-state index in [1.165, 1.54) is 16.3 Å². The van der Waals surface area contributed by atoms with Gasteiger partial charge in [0.25, 0.3) is 0 Å². The molecule has 2 aromatic carbocycles. The minimum atomic E-state index is -3.69. The summed E-state index contributed by atoms with van der Waals surface area (Å²) in [5.74, 6) is 0. The summed E-state index contributed by atoms with van der Waals surface area (Å²) in [7, 11) is -3.69. The fourth-order valence-electron chi connectivity index (χ4n) is 4.58. The smallest absolute Gasteiger partial charge is 0.317 e. The van der Waals surface area contributed by atoms with Crippen molar-refractivity contribution in [2.75, 3.05) is 32.7 Å². The van der Waals surface area contributed by atoms with Gasteiger partial charge in [-0.2, -0.15) is 13.1 Å². The topological polar surface area (TPSA) is 95.5 Å². The summed E-state index contributed by atoms with van der Waals surface area (Å²) in [6, 6.07) is 15.2. The Morgan fingerprint density at radius 1 is 1.00 bits per heavy atom. The number of hydrogen-bond acceptors (Lipinski definition) is 6. The first-order valence-electron chi connectivity index (χ1n) is 10.8. The summed E-state index contributed by atoms with van der Waals surface area (Å²) < 4.78 is 36.1. The first kappa shape index (κ1) is 21.3. The quantitative estimate of drug-likeness (QED) is 0.617. The molecule has 1 N–H and O–H groups in total. The SMILES string of the molecule is O=C(NCC1(c2ccccc2)CCC1)N1CCN(S(=O)(=O)c2cccc3nsnc23)CC1. The zero-order valence-electron chi connectivity index (χ0n) is 17.6. The number of piperazine rings is 1. The first-order chi connectivity index (χ1) is 15.5. The van der Waals surface area contributed by atoms with Crippen LogP contribution in [0.5, 0.6) is 0 Å². The van der Waals surface area contributed by atoms with Crippen LogP contribution in [0.1, 0.15) is 24.8 Å². The lowest BCUT2D eigenvalue weighted by atomic mass is 9.64. The molecule has 2 fully saturated rings. The van der Waals surface area contributed by atoms with E-state index in [9.17, 15) is 13.2 Å². The summed E-state index contributed by atoms with van der Waals surface area (Å²) in [4.78, 5) is 14.7.